The predicted molar refractivity (Wildman–Crippen MR) is 94.5 cm³/mol. The molecule has 1 aliphatic rings. The normalized spacial score (nSPS) is 16.2. The Morgan fingerprint density at radius 3 is 2.56 bits per heavy atom. The highest BCUT2D eigenvalue weighted by Gasteiger charge is 2.30. The molecular weight excluding hydrogens is 342 g/mol. The first-order chi connectivity index (χ1) is 11.9. The Bertz CT molecular complexity index is 942. The zero-order valence-electron chi connectivity index (χ0n) is 13.8. The fourth-order valence-electron chi connectivity index (χ4n) is 2.32. The lowest BCUT2D eigenvalue weighted by atomic mass is 10.1. The molecule has 3 rings (SSSR count). The van der Waals surface area contributed by atoms with Gasteiger partial charge in [0.25, 0.3) is 5.91 Å². The number of nitrogens with one attached hydrogen (secondary N) is 1. The number of likely N-dealkylation sites (N-methyl/N-ethyl adjacent to an activating group) is 1. The van der Waals surface area contributed by atoms with Crippen LogP contribution in [0.2, 0.25) is 0 Å². The fraction of sp³-hybridized carbons (Fsp3) is 0.176. The van der Waals surface area contributed by atoms with E-state index < -0.39 is 16.1 Å². The maximum atomic E-state index is 12.6. The van der Waals surface area contributed by atoms with Gasteiger partial charge in [-0.25, -0.2) is 4.31 Å². The van der Waals surface area contributed by atoms with Crippen molar-refractivity contribution in [1.29, 1.82) is 0 Å². The molecule has 1 N–H and O–H groups in total. The fourth-order valence-corrected chi connectivity index (χ4v) is 3.22. The molecule has 0 aliphatic carbocycles. The van der Waals surface area contributed by atoms with Crippen LogP contribution in [0.15, 0.2) is 63.2 Å². The third-order valence-corrected chi connectivity index (χ3v) is 5.12. The van der Waals surface area contributed by atoms with Gasteiger partial charge < -0.3 is 9.73 Å². The number of furan rings is 1. The van der Waals surface area contributed by atoms with E-state index in [0.29, 0.717) is 5.69 Å². The van der Waals surface area contributed by atoms with Crippen molar-refractivity contribution in [3.05, 3.63) is 65.8 Å². The van der Waals surface area contributed by atoms with E-state index in [-0.39, 0.29) is 17.2 Å². The van der Waals surface area contributed by atoms with E-state index in [0.717, 1.165) is 16.3 Å². The summed E-state index contributed by atoms with van der Waals surface area (Å²) in [6.07, 6.45) is 3.69. The van der Waals surface area contributed by atoms with Gasteiger partial charge in [-0.2, -0.15) is 8.42 Å². The lowest BCUT2D eigenvalue weighted by Gasteiger charge is -2.23. The van der Waals surface area contributed by atoms with Crippen LogP contribution in [0.5, 0.6) is 0 Å². The van der Waals surface area contributed by atoms with E-state index in [2.05, 4.69) is 9.71 Å². The average molecular weight is 359 g/mol. The summed E-state index contributed by atoms with van der Waals surface area (Å²) in [5.74, 6) is -0.274. The van der Waals surface area contributed by atoms with Crippen LogP contribution in [-0.2, 0) is 21.4 Å². The molecule has 1 aliphatic heterocycles. The summed E-state index contributed by atoms with van der Waals surface area (Å²) < 4.78 is 34.1. The molecule has 1 amide bonds. The van der Waals surface area contributed by atoms with Crippen molar-refractivity contribution in [2.75, 3.05) is 12.4 Å². The van der Waals surface area contributed by atoms with Crippen LogP contribution >= 0.6 is 0 Å². The van der Waals surface area contributed by atoms with Crippen molar-refractivity contribution in [3.8, 4) is 0 Å². The SMILES string of the molecule is CCc1ccc(NC(=O)C2=CC(c3ccco3)=NS(=O)(=O)N2C)cc1. The second kappa shape index (κ2) is 6.56. The molecule has 1 aromatic carbocycles. The van der Waals surface area contributed by atoms with Crippen LogP contribution in [0.3, 0.4) is 0 Å². The Labute approximate surface area is 145 Å². The van der Waals surface area contributed by atoms with Crippen molar-refractivity contribution in [1.82, 2.24) is 4.31 Å². The van der Waals surface area contributed by atoms with Gasteiger partial charge in [-0.15, -0.1) is 4.40 Å². The van der Waals surface area contributed by atoms with Crippen LogP contribution in [0.25, 0.3) is 0 Å². The monoisotopic (exact) mass is 359 g/mol. The van der Waals surface area contributed by atoms with Gasteiger partial charge in [0.05, 0.1) is 6.26 Å². The lowest BCUT2D eigenvalue weighted by Crippen LogP contribution is -2.35. The molecule has 0 saturated heterocycles. The molecule has 0 bridgehead atoms. The summed E-state index contributed by atoms with van der Waals surface area (Å²) in [7, 11) is -2.72. The minimum Gasteiger partial charge on any atom is -0.463 e. The van der Waals surface area contributed by atoms with E-state index >= 15 is 0 Å². The molecule has 7 nitrogen and oxygen atoms in total. The summed E-state index contributed by atoms with van der Waals surface area (Å²) in [5, 5.41) is 2.70. The highest BCUT2D eigenvalue weighted by molar-refractivity contribution is 7.88. The molecule has 2 aromatic rings. The van der Waals surface area contributed by atoms with Crippen LogP contribution in [-0.4, -0.2) is 31.4 Å². The Kier molecular flexibility index (Phi) is 4.45. The summed E-state index contributed by atoms with van der Waals surface area (Å²) >= 11 is 0. The molecule has 0 fully saturated rings. The second-order valence-corrected chi connectivity index (χ2v) is 7.06. The van der Waals surface area contributed by atoms with Gasteiger partial charge >= 0.3 is 10.2 Å². The number of carbonyl (C=O) groups excluding carboxylic acids is 1. The van der Waals surface area contributed by atoms with Crippen molar-refractivity contribution in [2.45, 2.75) is 13.3 Å². The maximum Gasteiger partial charge on any atom is 0.345 e. The van der Waals surface area contributed by atoms with Gasteiger partial charge in [-0.1, -0.05) is 19.1 Å². The van der Waals surface area contributed by atoms with E-state index in [9.17, 15) is 13.2 Å². The molecule has 0 radical (unpaired) electrons. The highest BCUT2D eigenvalue weighted by atomic mass is 32.2. The van der Waals surface area contributed by atoms with E-state index in [1.807, 2.05) is 19.1 Å². The van der Waals surface area contributed by atoms with Crippen LogP contribution in [0, 0.1) is 0 Å². The first-order valence-electron chi connectivity index (χ1n) is 7.65. The van der Waals surface area contributed by atoms with Crippen molar-refractivity contribution >= 4 is 27.5 Å². The summed E-state index contributed by atoms with van der Waals surface area (Å²) in [6.45, 7) is 2.04. The number of nitrogens with zero attached hydrogens (tertiary/aromatic N) is 2. The minimum atomic E-state index is -4.00. The van der Waals surface area contributed by atoms with Crippen molar-refractivity contribution in [2.24, 2.45) is 4.40 Å². The molecule has 130 valence electrons. The maximum absolute atomic E-state index is 12.6. The number of benzene rings is 1. The van der Waals surface area contributed by atoms with E-state index in [1.54, 1.807) is 24.3 Å². The zero-order chi connectivity index (χ0) is 18.0. The van der Waals surface area contributed by atoms with Gasteiger partial charge in [0.15, 0.2) is 5.76 Å². The Balaban J connectivity index is 1.90. The summed E-state index contributed by atoms with van der Waals surface area (Å²) in [5.41, 5.74) is 1.76. The number of aryl methyl sites for hydroxylation is 1. The molecule has 1 aromatic heterocycles. The molecule has 2 heterocycles. The van der Waals surface area contributed by atoms with Crippen molar-refractivity contribution < 1.29 is 17.6 Å². The molecule has 8 heteroatoms. The Hall–Kier alpha value is -2.87. The van der Waals surface area contributed by atoms with Crippen LogP contribution in [0.4, 0.5) is 5.69 Å². The molecule has 0 saturated carbocycles. The number of carbonyl (C=O) groups is 1. The topological polar surface area (TPSA) is 92.0 Å². The molecule has 0 atom stereocenters. The Morgan fingerprint density at radius 1 is 1.24 bits per heavy atom. The molecular formula is C17H17N3O4S. The van der Waals surface area contributed by atoms with Gasteiger partial charge in [0.1, 0.15) is 11.4 Å². The quantitative estimate of drug-likeness (QED) is 0.907. The van der Waals surface area contributed by atoms with Gasteiger partial charge in [0, 0.05) is 12.7 Å². The first-order valence-corrected chi connectivity index (χ1v) is 9.05. The smallest absolute Gasteiger partial charge is 0.345 e. The van der Waals surface area contributed by atoms with E-state index in [1.165, 1.54) is 19.4 Å². The van der Waals surface area contributed by atoms with Gasteiger partial charge in [-0.05, 0) is 42.3 Å². The number of anilines is 1. The summed E-state index contributed by atoms with van der Waals surface area (Å²) in [4.78, 5) is 12.6. The largest absolute Gasteiger partial charge is 0.463 e. The second-order valence-electron chi connectivity index (χ2n) is 5.43. The number of rotatable bonds is 4. The van der Waals surface area contributed by atoms with Crippen LogP contribution < -0.4 is 5.32 Å². The van der Waals surface area contributed by atoms with Crippen LogP contribution in [0.1, 0.15) is 18.2 Å². The minimum absolute atomic E-state index is 0.0408. The zero-order valence-corrected chi connectivity index (χ0v) is 14.6. The molecule has 25 heavy (non-hydrogen) atoms. The third-order valence-electron chi connectivity index (χ3n) is 3.80. The predicted octanol–water partition coefficient (Wildman–Crippen LogP) is 2.34. The van der Waals surface area contributed by atoms with Gasteiger partial charge in [0.2, 0.25) is 0 Å². The summed E-state index contributed by atoms with van der Waals surface area (Å²) in [6, 6.07) is 10.6. The number of hydrogen-bond donors (Lipinski definition) is 1. The lowest BCUT2D eigenvalue weighted by molar-refractivity contribution is -0.113. The standard InChI is InChI=1S/C17H17N3O4S/c1-3-12-6-8-13(9-7-12)18-17(21)15-11-14(16-5-4-10-24-16)19-25(22,23)20(15)2/h4-11H,3H2,1-2H3,(H,18,21). The highest BCUT2D eigenvalue weighted by Crippen LogP contribution is 2.21. The average Bonchev–Trinajstić information content (AvgIpc) is 3.12. The number of amides is 1. The third kappa shape index (κ3) is 3.48. The molecule has 0 unspecified atom stereocenters. The Morgan fingerprint density at radius 2 is 1.96 bits per heavy atom. The number of allylic oxidation sites excluding steroid dienone is 1. The van der Waals surface area contributed by atoms with Crippen molar-refractivity contribution in [3.63, 3.8) is 0 Å². The first kappa shape index (κ1) is 17.0. The van der Waals surface area contributed by atoms with E-state index in [4.69, 9.17) is 4.42 Å². The van der Waals surface area contributed by atoms with Gasteiger partial charge in [-0.3, -0.25) is 4.79 Å². The number of hydrogen-bond acceptors (Lipinski definition) is 4. The molecule has 0 spiro atoms.